The molecule has 1 aliphatic carbocycles. The number of azide groups is 1. The Hall–Kier alpha value is -2.63. The molecule has 1 aromatic heterocycles. The molecule has 0 saturated heterocycles. The van der Waals surface area contributed by atoms with Crippen LogP contribution < -0.4 is 10.4 Å². The molecule has 2 aromatic carbocycles. The standard InChI is InChI=1S/C26H29ClN4OSi/c1-18-22-15-19(25(30-31-28)24(22)23(27)16-29-18)17-32-33(26(2,3)4,20-11-7-5-8-12-20)21-13-9-6-10-14-21/h5-14,16,19,25H,15,17H2,1-4H3/t19-,25-/m0/s1. The Labute approximate surface area is 201 Å². The third-order valence-electron chi connectivity index (χ3n) is 6.71. The van der Waals surface area contributed by atoms with Crippen LogP contribution in [0.4, 0.5) is 0 Å². The number of aromatic nitrogens is 1. The number of aryl methyl sites for hydroxylation is 1. The highest BCUT2D eigenvalue weighted by molar-refractivity contribution is 6.99. The molecule has 0 saturated carbocycles. The summed E-state index contributed by atoms with van der Waals surface area (Å²) in [7, 11) is -2.68. The summed E-state index contributed by atoms with van der Waals surface area (Å²) in [6, 6.07) is 20.8. The largest absolute Gasteiger partial charge is 0.407 e. The molecule has 170 valence electrons. The zero-order chi connectivity index (χ0) is 23.6. The van der Waals surface area contributed by atoms with Gasteiger partial charge in [0.1, 0.15) is 0 Å². The van der Waals surface area contributed by atoms with Crippen LogP contribution >= 0.6 is 11.6 Å². The fourth-order valence-electron chi connectivity index (χ4n) is 5.18. The van der Waals surface area contributed by atoms with E-state index in [2.05, 4.69) is 84.3 Å². The van der Waals surface area contributed by atoms with Gasteiger partial charge in [0.25, 0.3) is 8.32 Å². The van der Waals surface area contributed by atoms with E-state index in [1.54, 1.807) is 6.20 Å². The van der Waals surface area contributed by atoms with Gasteiger partial charge in [0.2, 0.25) is 0 Å². The van der Waals surface area contributed by atoms with Gasteiger partial charge in [0, 0.05) is 23.4 Å². The van der Waals surface area contributed by atoms with Gasteiger partial charge in [0.15, 0.2) is 0 Å². The van der Waals surface area contributed by atoms with Crippen molar-refractivity contribution >= 4 is 30.3 Å². The van der Waals surface area contributed by atoms with Gasteiger partial charge in [-0.15, -0.1) is 0 Å². The van der Waals surface area contributed by atoms with Crippen LogP contribution in [0.5, 0.6) is 0 Å². The molecule has 1 heterocycles. The predicted octanol–water partition coefficient (Wildman–Crippen LogP) is 6.14. The lowest BCUT2D eigenvalue weighted by Gasteiger charge is -2.43. The van der Waals surface area contributed by atoms with Crippen LogP contribution in [0.15, 0.2) is 72.0 Å². The van der Waals surface area contributed by atoms with Crippen molar-refractivity contribution in [1.82, 2.24) is 4.98 Å². The highest BCUT2D eigenvalue weighted by atomic mass is 35.5. The summed E-state index contributed by atoms with van der Waals surface area (Å²) in [5.74, 6) is -0.00190. The first kappa shape index (κ1) is 23.5. The minimum Gasteiger partial charge on any atom is -0.407 e. The minimum atomic E-state index is -2.68. The van der Waals surface area contributed by atoms with Crippen LogP contribution in [0, 0.1) is 12.8 Å². The van der Waals surface area contributed by atoms with Crippen LogP contribution in [0.25, 0.3) is 10.4 Å². The molecule has 7 heteroatoms. The lowest BCUT2D eigenvalue weighted by molar-refractivity contribution is 0.222. The van der Waals surface area contributed by atoms with Crippen LogP contribution in [0.2, 0.25) is 10.1 Å². The molecule has 0 radical (unpaired) electrons. The molecule has 0 unspecified atom stereocenters. The predicted molar refractivity (Wildman–Crippen MR) is 137 cm³/mol. The quantitative estimate of drug-likeness (QED) is 0.185. The van der Waals surface area contributed by atoms with E-state index < -0.39 is 8.32 Å². The summed E-state index contributed by atoms with van der Waals surface area (Å²) in [6.07, 6.45) is 2.39. The lowest BCUT2D eigenvalue weighted by Crippen LogP contribution is -2.67. The molecule has 0 spiro atoms. The van der Waals surface area contributed by atoms with Gasteiger partial charge >= 0.3 is 0 Å². The molecule has 0 N–H and O–H groups in total. The molecule has 0 amide bonds. The highest BCUT2D eigenvalue weighted by Crippen LogP contribution is 2.45. The van der Waals surface area contributed by atoms with Crippen molar-refractivity contribution in [2.45, 2.75) is 45.2 Å². The van der Waals surface area contributed by atoms with Gasteiger partial charge in [-0.2, -0.15) is 0 Å². The SMILES string of the molecule is Cc1ncc(Cl)c2c1C[C@@H](CO[Si](c1ccccc1)(c1ccccc1)C(C)(C)C)[C@@H]2N=[N+]=[N-]. The zero-order valence-electron chi connectivity index (χ0n) is 19.5. The fourth-order valence-corrected chi connectivity index (χ4v) is 10.1. The van der Waals surface area contributed by atoms with E-state index in [1.807, 2.05) is 19.1 Å². The summed E-state index contributed by atoms with van der Waals surface area (Å²) in [4.78, 5) is 7.57. The Morgan fingerprint density at radius 2 is 1.67 bits per heavy atom. The molecule has 1 aliphatic rings. The van der Waals surface area contributed by atoms with Crippen molar-refractivity contribution in [2.75, 3.05) is 6.61 Å². The molecule has 0 bridgehead atoms. The van der Waals surface area contributed by atoms with Gasteiger partial charge in [-0.3, -0.25) is 4.98 Å². The van der Waals surface area contributed by atoms with Gasteiger partial charge < -0.3 is 4.43 Å². The number of nitrogens with zero attached hydrogens (tertiary/aromatic N) is 4. The number of fused-ring (bicyclic) bond motifs is 1. The Balaban J connectivity index is 1.78. The van der Waals surface area contributed by atoms with Crippen LogP contribution in [0.3, 0.4) is 0 Å². The maximum atomic E-state index is 9.31. The first-order valence-corrected chi connectivity index (χ1v) is 13.5. The second kappa shape index (κ2) is 9.32. The molecule has 33 heavy (non-hydrogen) atoms. The Bertz CT molecular complexity index is 1130. The molecule has 0 fully saturated rings. The fraction of sp³-hybridized carbons (Fsp3) is 0.346. The molecule has 2 atom stereocenters. The van der Waals surface area contributed by atoms with Crippen molar-refractivity contribution < 1.29 is 4.43 Å². The number of halogens is 1. The summed E-state index contributed by atoms with van der Waals surface area (Å²) >= 11 is 6.51. The molecular weight excluding hydrogens is 448 g/mol. The number of benzene rings is 2. The molecular formula is C26H29ClN4OSi. The maximum absolute atomic E-state index is 9.31. The number of hydrogen-bond donors (Lipinski definition) is 0. The average molecular weight is 477 g/mol. The van der Waals surface area contributed by atoms with Crippen molar-refractivity contribution in [3.05, 3.63) is 99.1 Å². The topological polar surface area (TPSA) is 70.9 Å². The van der Waals surface area contributed by atoms with Gasteiger partial charge in [-0.25, -0.2) is 0 Å². The summed E-state index contributed by atoms with van der Waals surface area (Å²) in [5, 5.41) is 7.06. The Kier molecular flexibility index (Phi) is 6.64. The summed E-state index contributed by atoms with van der Waals surface area (Å²) in [6.45, 7) is 9.24. The van der Waals surface area contributed by atoms with Crippen molar-refractivity contribution in [3.63, 3.8) is 0 Å². The number of hydrogen-bond acceptors (Lipinski definition) is 3. The Morgan fingerprint density at radius 1 is 1.09 bits per heavy atom. The van der Waals surface area contributed by atoms with Crippen LogP contribution in [0.1, 0.15) is 43.6 Å². The van der Waals surface area contributed by atoms with Crippen molar-refractivity contribution in [3.8, 4) is 0 Å². The number of pyridine rings is 1. The van der Waals surface area contributed by atoms with E-state index >= 15 is 0 Å². The third kappa shape index (κ3) is 4.20. The van der Waals surface area contributed by atoms with E-state index in [0.717, 1.165) is 23.2 Å². The summed E-state index contributed by atoms with van der Waals surface area (Å²) in [5.41, 5.74) is 12.2. The normalized spacial score (nSPS) is 18.0. The van der Waals surface area contributed by atoms with Crippen molar-refractivity contribution in [2.24, 2.45) is 11.0 Å². The average Bonchev–Trinajstić information content (AvgIpc) is 3.17. The highest BCUT2D eigenvalue weighted by Gasteiger charge is 2.51. The van der Waals surface area contributed by atoms with Crippen LogP contribution in [-0.4, -0.2) is 19.9 Å². The van der Waals surface area contributed by atoms with Gasteiger partial charge in [-0.1, -0.05) is 98.2 Å². The van der Waals surface area contributed by atoms with E-state index in [0.29, 0.717) is 11.6 Å². The van der Waals surface area contributed by atoms with E-state index in [1.165, 1.54) is 10.4 Å². The van der Waals surface area contributed by atoms with E-state index in [-0.39, 0.29) is 17.0 Å². The molecule has 3 aromatic rings. The second-order valence-corrected chi connectivity index (χ2v) is 14.4. The lowest BCUT2D eigenvalue weighted by atomic mass is 10.0. The molecule has 5 nitrogen and oxygen atoms in total. The maximum Gasteiger partial charge on any atom is 0.261 e. The van der Waals surface area contributed by atoms with Crippen molar-refractivity contribution in [1.29, 1.82) is 0 Å². The third-order valence-corrected chi connectivity index (χ3v) is 12.0. The second-order valence-electron chi connectivity index (χ2n) is 9.67. The monoisotopic (exact) mass is 476 g/mol. The molecule has 4 rings (SSSR count). The number of rotatable bonds is 6. The summed E-state index contributed by atoms with van der Waals surface area (Å²) < 4.78 is 7.13. The zero-order valence-corrected chi connectivity index (χ0v) is 21.3. The van der Waals surface area contributed by atoms with E-state index in [4.69, 9.17) is 16.0 Å². The first-order chi connectivity index (χ1) is 15.8. The van der Waals surface area contributed by atoms with Gasteiger partial charge in [-0.05, 0) is 51.3 Å². The minimum absolute atomic E-state index is 0.00190. The van der Waals surface area contributed by atoms with Crippen LogP contribution in [-0.2, 0) is 10.8 Å². The molecule has 0 aliphatic heterocycles. The van der Waals surface area contributed by atoms with Gasteiger partial charge in [0.05, 0.1) is 11.1 Å². The Morgan fingerprint density at radius 3 is 2.18 bits per heavy atom. The first-order valence-electron chi connectivity index (χ1n) is 11.2. The smallest absolute Gasteiger partial charge is 0.261 e. The van der Waals surface area contributed by atoms with E-state index in [9.17, 15) is 5.53 Å².